The second kappa shape index (κ2) is 6.73. The van der Waals surface area contributed by atoms with E-state index in [1.54, 1.807) is 6.92 Å². The van der Waals surface area contributed by atoms with E-state index in [9.17, 15) is 9.59 Å². The van der Waals surface area contributed by atoms with Gasteiger partial charge in [-0.1, -0.05) is 26.7 Å². The highest BCUT2D eigenvalue weighted by Crippen LogP contribution is 2.33. The van der Waals surface area contributed by atoms with Crippen LogP contribution in [0.15, 0.2) is 0 Å². The first-order chi connectivity index (χ1) is 8.40. The van der Waals surface area contributed by atoms with Crippen LogP contribution in [0.3, 0.4) is 0 Å². The maximum Gasteiger partial charge on any atom is 0.242 e. The minimum absolute atomic E-state index is 0.157. The first kappa shape index (κ1) is 15.0. The van der Waals surface area contributed by atoms with Gasteiger partial charge in [-0.2, -0.15) is 0 Å². The van der Waals surface area contributed by atoms with Crippen LogP contribution in [0.1, 0.15) is 40.0 Å². The van der Waals surface area contributed by atoms with E-state index in [1.807, 2.05) is 13.8 Å². The fourth-order valence-electron chi connectivity index (χ4n) is 1.66. The number of rotatable bonds is 7. The van der Waals surface area contributed by atoms with Gasteiger partial charge in [0, 0.05) is 6.54 Å². The second-order valence-corrected chi connectivity index (χ2v) is 5.65. The van der Waals surface area contributed by atoms with Crippen molar-refractivity contribution in [2.75, 3.05) is 6.54 Å². The molecule has 0 bridgehead atoms. The van der Waals surface area contributed by atoms with E-state index in [1.165, 1.54) is 12.8 Å². The Morgan fingerprint density at radius 3 is 2.33 bits per heavy atom. The second-order valence-electron chi connectivity index (χ2n) is 5.65. The Morgan fingerprint density at radius 1 is 1.22 bits per heavy atom. The topological polar surface area (TPSA) is 84.2 Å². The first-order valence-corrected chi connectivity index (χ1v) is 6.73. The van der Waals surface area contributed by atoms with Crippen molar-refractivity contribution in [3.05, 3.63) is 0 Å². The van der Waals surface area contributed by atoms with Crippen molar-refractivity contribution in [2.45, 2.75) is 52.1 Å². The SMILES string of the molecule is CC(C)CNC(=O)C(C)NC(=O)C(N)CC1CC1. The van der Waals surface area contributed by atoms with Crippen molar-refractivity contribution >= 4 is 11.8 Å². The number of carbonyl (C=O) groups excluding carboxylic acids is 2. The highest BCUT2D eigenvalue weighted by Gasteiger charge is 2.28. The third-order valence-electron chi connectivity index (χ3n) is 3.06. The third-order valence-corrected chi connectivity index (χ3v) is 3.06. The molecular weight excluding hydrogens is 230 g/mol. The van der Waals surface area contributed by atoms with E-state index in [0.717, 1.165) is 6.42 Å². The van der Waals surface area contributed by atoms with Gasteiger partial charge in [0.25, 0.3) is 0 Å². The average Bonchev–Trinajstić information content (AvgIpc) is 3.09. The van der Waals surface area contributed by atoms with Gasteiger partial charge in [-0.25, -0.2) is 0 Å². The first-order valence-electron chi connectivity index (χ1n) is 6.73. The maximum atomic E-state index is 11.7. The number of carbonyl (C=O) groups is 2. The minimum Gasteiger partial charge on any atom is -0.354 e. The molecule has 0 heterocycles. The van der Waals surface area contributed by atoms with Gasteiger partial charge in [0.15, 0.2) is 0 Å². The molecule has 0 saturated heterocycles. The lowest BCUT2D eigenvalue weighted by molar-refractivity contribution is -0.129. The van der Waals surface area contributed by atoms with E-state index in [2.05, 4.69) is 10.6 Å². The molecule has 1 saturated carbocycles. The molecule has 5 nitrogen and oxygen atoms in total. The van der Waals surface area contributed by atoms with Gasteiger partial charge in [-0.15, -0.1) is 0 Å². The van der Waals surface area contributed by atoms with Gasteiger partial charge in [0.2, 0.25) is 11.8 Å². The number of amides is 2. The molecule has 18 heavy (non-hydrogen) atoms. The van der Waals surface area contributed by atoms with Gasteiger partial charge in [0.05, 0.1) is 6.04 Å². The minimum atomic E-state index is -0.526. The van der Waals surface area contributed by atoms with Crippen LogP contribution in [0.4, 0.5) is 0 Å². The molecular formula is C13H25N3O2. The third kappa shape index (κ3) is 5.49. The van der Waals surface area contributed by atoms with Crippen molar-refractivity contribution in [3.63, 3.8) is 0 Å². The van der Waals surface area contributed by atoms with Crippen molar-refractivity contribution in [3.8, 4) is 0 Å². The summed E-state index contributed by atoms with van der Waals surface area (Å²) in [5.41, 5.74) is 5.79. The van der Waals surface area contributed by atoms with Crippen molar-refractivity contribution < 1.29 is 9.59 Å². The van der Waals surface area contributed by atoms with Crippen LogP contribution in [0.2, 0.25) is 0 Å². The van der Waals surface area contributed by atoms with Crippen molar-refractivity contribution in [1.82, 2.24) is 10.6 Å². The molecule has 1 fully saturated rings. The van der Waals surface area contributed by atoms with Crippen LogP contribution in [-0.4, -0.2) is 30.4 Å². The normalized spacial score (nSPS) is 18.3. The molecule has 2 amide bonds. The highest BCUT2D eigenvalue weighted by molar-refractivity contribution is 5.89. The Kier molecular flexibility index (Phi) is 5.59. The Labute approximate surface area is 109 Å². The summed E-state index contributed by atoms with van der Waals surface area (Å²) in [7, 11) is 0. The van der Waals surface area contributed by atoms with Crippen LogP contribution >= 0.6 is 0 Å². The zero-order valence-electron chi connectivity index (χ0n) is 11.5. The molecule has 2 atom stereocenters. The Hall–Kier alpha value is -1.10. The summed E-state index contributed by atoms with van der Waals surface area (Å²) >= 11 is 0. The molecule has 0 aliphatic heterocycles. The smallest absolute Gasteiger partial charge is 0.242 e. The van der Waals surface area contributed by atoms with Gasteiger partial charge in [-0.05, 0) is 25.2 Å². The molecule has 1 rings (SSSR count). The molecule has 1 aliphatic carbocycles. The lowest BCUT2D eigenvalue weighted by Crippen LogP contribution is -2.50. The maximum absolute atomic E-state index is 11.7. The van der Waals surface area contributed by atoms with Gasteiger partial charge in [0.1, 0.15) is 6.04 Å². The predicted molar refractivity (Wildman–Crippen MR) is 70.8 cm³/mol. The molecule has 104 valence electrons. The van der Waals surface area contributed by atoms with E-state index < -0.39 is 12.1 Å². The summed E-state index contributed by atoms with van der Waals surface area (Å²) in [6, 6.07) is -1.01. The summed E-state index contributed by atoms with van der Waals surface area (Å²) in [5.74, 6) is 0.620. The Morgan fingerprint density at radius 2 is 1.83 bits per heavy atom. The van der Waals surface area contributed by atoms with E-state index >= 15 is 0 Å². The lowest BCUT2D eigenvalue weighted by Gasteiger charge is -2.17. The lowest BCUT2D eigenvalue weighted by atomic mass is 10.1. The Balaban J connectivity index is 2.26. The van der Waals surface area contributed by atoms with Crippen molar-refractivity contribution in [1.29, 1.82) is 0 Å². The molecule has 5 heteroatoms. The van der Waals surface area contributed by atoms with Crippen LogP contribution in [0, 0.1) is 11.8 Å². The van der Waals surface area contributed by atoms with Crippen molar-refractivity contribution in [2.24, 2.45) is 17.6 Å². The fraction of sp³-hybridized carbons (Fsp3) is 0.846. The molecule has 0 radical (unpaired) electrons. The molecule has 1 aliphatic rings. The van der Waals surface area contributed by atoms with E-state index in [0.29, 0.717) is 18.4 Å². The fourth-order valence-corrected chi connectivity index (χ4v) is 1.66. The summed E-state index contributed by atoms with van der Waals surface area (Å²) in [6.45, 7) is 6.34. The molecule has 0 spiro atoms. The van der Waals surface area contributed by atoms with E-state index in [4.69, 9.17) is 5.73 Å². The van der Waals surface area contributed by atoms with E-state index in [-0.39, 0.29) is 11.8 Å². The van der Waals surface area contributed by atoms with Crippen LogP contribution < -0.4 is 16.4 Å². The van der Waals surface area contributed by atoms with Crippen LogP contribution in [-0.2, 0) is 9.59 Å². The molecule has 0 aromatic heterocycles. The number of nitrogens with two attached hydrogens (primary N) is 1. The number of hydrogen-bond donors (Lipinski definition) is 3. The zero-order valence-corrected chi connectivity index (χ0v) is 11.5. The van der Waals surface area contributed by atoms with Gasteiger partial charge in [-0.3, -0.25) is 9.59 Å². The molecule has 0 aromatic rings. The molecule has 4 N–H and O–H groups in total. The number of nitrogens with one attached hydrogen (secondary N) is 2. The number of hydrogen-bond acceptors (Lipinski definition) is 3. The monoisotopic (exact) mass is 255 g/mol. The summed E-state index contributed by atoms with van der Waals surface area (Å²) < 4.78 is 0. The summed E-state index contributed by atoms with van der Waals surface area (Å²) in [5, 5.41) is 5.45. The highest BCUT2D eigenvalue weighted by atomic mass is 16.2. The summed E-state index contributed by atoms with van der Waals surface area (Å²) in [4.78, 5) is 23.4. The zero-order chi connectivity index (χ0) is 13.7. The standard InChI is InChI=1S/C13H25N3O2/c1-8(2)7-15-12(17)9(3)16-13(18)11(14)6-10-4-5-10/h8-11H,4-7,14H2,1-3H3,(H,15,17)(H,16,18). The van der Waals surface area contributed by atoms with Crippen LogP contribution in [0.25, 0.3) is 0 Å². The quantitative estimate of drug-likeness (QED) is 0.615. The van der Waals surface area contributed by atoms with Crippen LogP contribution in [0.5, 0.6) is 0 Å². The predicted octanol–water partition coefficient (Wildman–Crippen LogP) is 0.391. The summed E-state index contributed by atoms with van der Waals surface area (Å²) in [6.07, 6.45) is 3.07. The molecule has 0 aromatic carbocycles. The van der Waals surface area contributed by atoms with Gasteiger partial charge >= 0.3 is 0 Å². The molecule has 2 unspecified atom stereocenters. The average molecular weight is 255 g/mol. The largest absolute Gasteiger partial charge is 0.354 e. The Bertz CT molecular complexity index is 301. The van der Waals surface area contributed by atoms with Gasteiger partial charge < -0.3 is 16.4 Å².